The third-order valence-electron chi connectivity index (χ3n) is 2.16. The molecule has 1 rings (SSSR count). The molecule has 0 aliphatic rings. The van der Waals surface area contributed by atoms with Crippen molar-refractivity contribution in [2.75, 3.05) is 44.7 Å². The molecule has 0 fully saturated rings. The van der Waals surface area contributed by atoms with Crippen LogP contribution in [0, 0.1) is 0 Å². The second-order valence-corrected chi connectivity index (χ2v) is 3.58. The Kier molecular flexibility index (Phi) is 5.96. The van der Waals surface area contributed by atoms with Crippen LogP contribution in [0.3, 0.4) is 0 Å². The fraction of sp³-hybridized carbons (Fsp3) is 0.545. The van der Waals surface area contributed by atoms with Crippen LogP contribution in [0.2, 0.25) is 0 Å². The van der Waals surface area contributed by atoms with E-state index in [1.54, 1.807) is 14.2 Å². The first kappa shape index (κ1) is 13.1. The topological polar surface area (TPSA) is 34.6 Å². The molecule has 1 aromatic rings. The minimum Gasteiger partial charge on any atom is -0.481 e. The normalized spacial score (nSPS) is 10.2. The molecule has 1 aromatic heterocycles. The zero-order chi connectivity index (χ0) is 11.8. The summed E-state index contributed by atoms with van der Waals surface area (Å²) in [6.07, 6.45) is 0. The van der Waals surface area contributed by atoms with Crippen molar-refractivity contribution < 1.29 is 9.47 Å². The van der Waals surface area contributed by atoms with Gasteiger partial charge in [0.05, 0.1) is 13.7 Å². The molecule has 0 unspecified atom stereocenters. The van der Waals surface area contributed by atoms with Crippen molar-refractivity contribution in [3.8, 4) is 5.88 Å². The van der Waals surface area contributed by atoms with Gasteiger partial charge < -0.3 is 14.4 Å². The number of halogens is 1. The van der Waals surface area contributed by atoms with Gasteiger partial charge in [-0.3, -0.25) is 0 Å². The van der Waals surface area contributed by atoms with E-state index in [1.807, 2.05) is 18.2 Å². The molecule has 0 atom stereocenters. The lowest BCUT2D eigenvalue weighted by molar-refractivity contribution is 0.205. The van der Waals surface area contributed by atoms with Gasteiger partial charge in [0.1, 0.15) is 5.82 Å². The van der Waals surface area contributed by atoms with Crippen LogP contribution in [0.25, 0.3) is 0 Å². The Morgan fingerprint density at radius 3 is 2.75 bits per heavy atom. The fourth-order valence-corrected chi connectivity index (χ4v) is 1.54. The molecular weight excluding hydrogens is 228 g/mol. The van der Waals surface area contributed by atoms with Gasteiger partial charge in [-0.2, -0.15) is 4.98 Å². The third kappa shape index (κ3) is 3.87. The van der Waals surface area contributed by atoms with E-state index < -0.39 is 0 Å². The highest BCUT2D eigenvalue weighted by Crippen LogP contribution is 2.15. The predicted octanol–water partition coefficient (Wildman–Crippen LogP) is 1.78. The number of pyridine rings is 1. The standard InChI is InChI=1S/C11H17ClN2O2/c1-15-9-8-14(7-6-12)10-4-3-5-11(13-10)16-2/h3-5H,6-9H2,1-2H3. The minimum atomic E-state index is 0.558. The average molecular weight is 245 g/mol. The molecule has 0 saturated carbocycles. The third-order valence-corrected chi connectivity index (χ3v) is 2.33. The number of hydrogen-bond donors (Lipinski definition) is 0. The number of ether oxygens (including phenoxy) is 2. The highest BCUT2D eigenvalue weighted by atomic mass is 35.5. The highest BCUT2D eigenvalue weighted by Gasteiger charge is 2.07. The average Bonchev–Trinajstić information content (AvgIpc) is 2.34. The van der Waals surface area contributed by atoms with E-state index in [2.05, 4.69) is 9.88 Å². The summed E-state index contributed by atoms with van der Waals surface area (Å²) in [4.78, 5) is 6.42. The molecule has 0 aliphatic carbocycles. The summed E-state index contributed by atoms with van der Waals surface area (Å²) >= 11 is 5.76. The van der Waals surface area contributed by atoms with Crippen molar-refractivity contribution >= 4 is 17.4 Å². The van der Waals surface area contributed by atoms with Crippen molar-refractivity contribution in [1.29, 1.82) is 0 Å². The van der Waals surface area contributed by atoms with E-state index >= 15 is 0 Å². The summed E-state index contributed by atoms with van der Waals surface area (Å²) in [7, 11) is 3.28. The van der Waals surface area contributed by atoms with E-state index in [1.165, 1.54) is 0 Å². The maximum Gasteiger partial charge on any atom is 0.214 e. The lowest BCUT2D eigenvalue weighted by atomic mass is 10.4. The van der Waals surface area contributed by atoms with Crippen LogP contribution in [0.1, 0.15) is 0 Å². The van der Waals surface area contributed by atoms with Crippen LogP contribution >= 0.6 is 11.6 Å². The van der Waals surface area contributed by atoms with E-state index in [-0.39, 0.29) is 0 Å². The number of aromatic nitrogens is 1. The largest absolute Gasteiger partial charge is 0.481 e. The van der Waals surface area contributed by atoms with Gasteiger partial charge in [0.2, 0.25) is 5.88 Å². The Morgan fingerprint density at radius 1 is 1.31 bits per heavy atom. The van der Waals surface area contributed by atoms with E-state index in [9.17, 15) is 0 Å². The van der Waals surface area contributed by atoms with Gasteiger partial charge in [-0.15, -0.1) is 11.6 Å². The second-order valence-electron chi connectivity index (χ2n) is 3.21. The Hall–Kier alpha value is -1.00. The molecule has 16 heavy (non-hydrogen) atoms. The van der Waals surface area contributed by atoms with Crippen molar-refractivity contribution in [1.82, 2.24) is 4.98 Å². The van der Waals surface area contributed by atoms with Gasteiger partial charge in [0, 0.05) is 32.1 Å². The summed E-state index contributed by atoms with van der Waals surface area (Å²) in [5.74, 6) is 2.02. The molecule has 1 heterocycles. The monoisotopic (exact) mass is 244 g/mol. The first-order chi connectivity index (χ1) is 7.81. The number of rotatable bonds is 7. The number of methoxy groups -OCH3 is 2. The van der Waals surface area contributed by atoms with E-state index in [0.717, 1.165) is 18.9 Å². The first-order valence-electron chi connectivity index (χ1n) is 5.12. The van der Waals surface area contributed by atoms with E-state index in [4.69, 9.17) is 21.1 Å². The Morgan fingerprint density at radius 2 is 2.12 bits per heavy atom. The Labute approximate surface area is 101 Å². The highest BCUT2D eigenvalue weighted by molar-refractivity contribution is 6.18. The summed E-state index contributed by atoms with van der Waals surface area (Å²) < 4.78 is 10.1. The van der Waals surface area contributed by atoms with Crippen LogP contribution in [0.15, 0.2) is 18.2 Å². The Bertz CT molecular complexity index is 310. The summed E-state index contributed by atoms with van der Waals surface area (Å²) in [6.45, 7) is 2.16. The first-order valence-corrected chi connectivity index (χ1v) is 5.66. The van der Waals surface area contributed by atoms with Crippen molar-refractivity contribution in [3.63, 3.8) is 0 Å². The molecule has 90 valence electrons. The van der Waals surface area contributed by atoms with Crippen LogP contribution < -0.4 is 9.64 Å². The molecular formula is C11H17ClN2O2. The maximum atomic E-state index is 5.76. The molecule has 0 saturated heterocycles. The minimum absolute atomic E-state index is 0.558. The quantitative estimate of drug-likeness (QED) is 0.685. The van der Waals surface area contributed by atoms with Gasteiger partial charge in [-0.05, 0) is 6.07 Å². The zero-order valence-corrected chi connectivity index (χ0v) is 10.4. The van der Waals surface area contributed by atoms with Gasteiger partial charge in [-0.1, -0.05) is 6.07 Å². The lowest BCUT2D eigenvalue weighted by Crippen LogP contribution is -2.29. The van der Waals surface area contributed by atoms with Crippen molar-refractivity contribution in [2.45, 2.75) is 0 Å². The maximum absolute atomic E-state index is 5.76. The predicted molar refractivity (Wildman–Crippen MR) is 65.6 cm³/mol. The molecule has 0 bridgehead atoms. The number of nitrogens with zero attached hydrogens (tertiary/aromatic N) is 2. The van der Waals surface area contributed by atoms with Gasteiger partial charge in [0.25, 0.3) is 0 Å². The molecule has 4 nitrogen and oxygen atoms in total. The SMILES string of the molecule is COCCN(CCCl)c1cccc(OC)n1. The van der Waals surface area contributed by atoms with Crippen LogP contribution in [-0.4, -0.2) is 44.8 Å². The number of alkyl halides is 1. The van der Waals surface area contributed by atoms with Crippen LogP contribution in [0.4, 0.5) is 5.82 Å². The van der Waals surface area contributed by atoms with E-state index in [0.29, 0.717) is 18.4 Å². The fourth-order valence-electron chi connectivity index (χ4n) is 1.34. The molecule has 0 aliphatic heterocycles. The smallest absolute Gasteiger partial charge is 0.214 e. The Balaban J connectivity index is 2.73. The summed E-state index contributed by atoms with van der Waals surface area (Å²) in [5.41, 5.74) is 0. The van der Waals surface area contributed by atoms with Gasteiger partial charge in [0.15, 0.2) is 0 Å². The van der Waals surface area contributed by atoms with Crippen molar-refractivity contribution in [2.24, 2.45) is 0 Å². The van der Waals surface area contributed by atoms with Crippen LogP contribution in [0.5, 0.6) is 5.88 Å². The lowest BCUT2D eigenvalue weighted by Gasteiger charge is -2.22. The molecule has 0 N–H and O–H groups in total. The summed E-state index contributed by atoms with van der Waals surface area (Å²) in [6, 6.07) is 5.67. The molecule has 0 spiro atoms. The zero-order valence-electron chi connectivity index (χ0n) is 9.65. The number of hydrogen-bond acceptors (Lipinski definition) is 4. The molecule has 0 aromatic carbocycles. The van der Waals surface area contributed by atoms with Gasteiger partial charge in [-0.25, -0.2) is 0 Å². The molecule has 5 heteroatoms. The molecule has 0 amide bonds. The molecule has 0 radical (unpaired) electrons. The van der Waals surface area contributed by atoms with Gasteiger partial charge >= 0.3 is 0 Å². The number of anilines is 1. The second kappa shape index (κ2) is 7.30. The van der Waals surface area contributed by atoms with Crippen LogP contribution in [-0.2, 0) is 4.74 Å². The van der Waals surface area contributed by atoms with Crippen molar-refractivity contribution in [3.05, 3.63) is 18.2 Å². The summed E-state index contributed by atoms with van der Waals surface area (Å²) in [5, 5.41) is 0.